The number of rotatable bonds is 2. The van der Waals surface area contributed by atoms with Crippen molar-refractivity contribution in [1.29, 1.82) is 0 Å². The summed E-state index contributed by atoms with van der Waals surface area (Å²) in [6, 6.07) is 2.19. The van der Waals surface area contributed by atoms with Crippen molar-refractivity contribution < 1.29 is 17.9 Å². The van der Waals surface area contributed by atoms with Crippen LogP contribution in [-0.4, -0.2) is 6.61 Å². The van der Waals surface area contributed by atoms with Crippen molar-refractivity contribution in [2.45, 2.75) is 13.5 Å². The van der Waals surface area contributed by atoms with Crippen molar-refractivity contribution in [3.8, 4) is 5.75 Å². The Bertz CT molecular complexity index is 291. The summed E-state index contributed by atoms with van der Waals surface area (Å²) in [6.07, 6.45) is 0. The maximum Gasteiger partial charge on any atom is 0.387 e. The molecule has 0 aliphatic heterocycles. The molecule has 1 aromatic carbocycles. The zero-order valence-electron chi connectivity index (χ0n) is 6.85. The van der Waals surface area contributed by atoms with E-state index in [0.717, 1.165) is 12.1 Å². The second-order valence-electron chi connectivity index (χ2n) is 2.52. The van der Waals surface area contributed by atoms with Crippen molar-refractivity contribution in [2.24, 2.45) is 0 Å². The van der Waals surface area contributed by atoms with Gasteiger partial charge in [0.1, 0.15) is 11.6 Å². The van der Waals surface area contributed by atoms with Crippen LogP contribution in [0.4, 0.5) is 18.9 Å². The molecule has 1 rings (SSSR count). The van der Waals surface area contributed by atoms with Crippen LogP contribution in [0.15, 0.2) is 12.1 Å². The molecule has 0 aliphatic rings. The molecule has 13 heavy (non-hydrogen) atoms. The predicted octanol–water partition coefficient (Wildman–Crippen LogP) is 2.32. The third-order valence-corrected chi connectivity index (χ3v) is 1.48. The molecule has 2 nitrogen and oxygen atoms in total. The van der Waals surface area contributed by atoms with Gasteiger partial charge in [-0.05, 0) is 18.6 Å². The molecule has 0 radical (unpaired) electrons. The highest BCUT2D eigenvalue weighted by Gasteiger charge is 2.09. The van der Waals surface area contributed by atoms with Crippen LogP contribution in [0.25, 0.3) is 0 Å². The van der Waals surface area contributed by atoms with Crippen molar-refractivity contribution in [3.05, 3.63) is 23.5 Å². The number of hydrogen-bond acceptors (Lipinski definition) is 2. The van der Waals surface area contributed by atoms with Gasteiger partial charge in [-0.3, -0.25) is 0 Å². The van der Waals surface area contributed by atoms with Crippen molar-refractivity contribution in [2.75, 3.05) is 5.73 Å². The number of benzene rings is 1. The van der Waals surface area contributed by atoms with Gasteiger partial charge in [0.25, 0.3) is 0 Å². The van der Waals surface area contributed by atoms with Gasteiger partial charge >= 0.3 is 6.61 Å². The third kappa shape index (κ3) is 2.27. The average Bonchev–Trinajstić information content (AvgIpc) is 1.98. The van der Waals surface area contributed by atoms with E-state index in [2.05, 4.69) is 4.74 Å². The zero-order chi connectivity index (χ0) is 10.0. The SMILES string of the molecule is Cc1cc(OC(F)F)cc(N)c1F. The van der Waals surface area contributed by atoms with Gasteiger partial charge in [-0.25, -0.2) is 4.39 Å². The number of halogens is 3. The number of hydrogen-bond donors (Lipinski definition) is 1. The normalized spacial score (nSPS) is 10.5. The molecule has 2 N–H and O–H groups in total. The van der Waals surface area contributed by atoms with Crippen molar-refractivity contribution in [1.82, 2.24) is 0 Å². The summed E-state index contributed by atoms with van der Waals surface area (Å²) in [4.78, 5) is 0. The summed E-state index contributed by atoms with van der Waals surface area (Å²) < 4.78 is 40.4. The van der Waals surface area contributed by atoms with E-state index in [-0.39, 0.29) is 17.0 Å². The highest BCUT2D eigenvalue weighted by molar-refractivity contribution is 5.48. The first-order valence-electron chi connectivity index (χ1n) is 3.51. The van der Waals surface area contributed by atoms with E-state index in [1.807, 2.05) is 0 Å². The van der Waals surface area contributed by atoms with Crippen LogP contribution in [0.3, 0.4) is 0 Å². The Balaban J connectivity index is 2.99. The molecule has 1 aromatic rings. The van der Waals surface area contributed by atoms with Gasteiger partial charge in [-0.15, -0.1) is 0 Å². The third-order valence-electron chi connectivity index (χ3n) is 1.48. The predicted molar refractivity (Wildman–Crippen MR) is 42.2 cm³/mol. The first-order chi connectivity index (χ1) is 6.00. The number of aryl methyl sites for hydroxylation is 1. The van der Waals surface area contributed by atoms with Crippen LogP contribution in [-0.2, 0) is 0 Å². The average molecular weight is 191 g/mol. The summed E-state index contributed by atoms with van der Waals surface area (Å²) in [6.45, 7) is -1.51. The number of anilines is 1. The molecule has 0 aromatic heterocycles. The molecule has 0 saturated carbocycles. The van der Waals surface area contributed by atoms with Crippen LogP contribution < -0.4 is 10.5 Å². The Kier molecular flexibility index (Phi) is 2.65. The Hall–Kier alpha value is -1.39. The lowest BCUT2D eigenvalue weighted by molar-refractivity contribution is -0.0498. The molecule has 0 heterocycles. The second kappa shape index (κ2) is 3.55. The molecular formula is C8H8F3NO. The fourth-order valence-electron chi connectivity index (χ4n) is 0.934. The number of nitrogens with two attached hydrogens (primary N) is 1. The summed E-state index contributed by atoms with van der Waals surface area (Å²) in [5.41, 5.74) is 5.18. The van der Waals surface area contributed by atoms with Gasteiger partial charge in [0.2, 0.25) is 0 Å². The first-order valence-corrected chi connectivity index (χ1v) is 3.51. The van der Waals surface area contributed by atoms with Gasteiger partial charge in [0.15, 0.2) is 0 Å². The Morgan fingerprint density at radius 1 is 1.38 bits per heavy atom. The van der Waals surface area contributed by atoms with E-state index < -0.39 is 12.4 Å². The highest BCUT2D eigenvalue weighted by atomic mass is 19.3. The molecule has 0 fully saturated rings. The summed E-state index contributed by atoms with van der Waals surface area (Å²) in [7, 11) is 0. The van der Waals surface area contributed by atoms with E-state index in [1.165, 1.54) is 6.92 Å². The van der Waals surface area contributed by atoms with Crippen LogP contribution in [0.2, 0.25) is 0 Å². The maximum absolute atomic E-state index is 12.9. The minimum Gasteiger partial charge on any atom is -0.435 e. The number of ether oxygens (including phenoxy) is 1. The van der Waals surface area contributed by atoms with Gasteiger partial charge in [-0.1, -0.05) is 0 Å². The molecule has 0 unspecified atom stereocenters. The van der Waals surface area contributed by atoms with Crippen LogP contribution in [0, 0.1) is 12.7 Å². The topological polar surface area (TPSA) is 35.2 Å². The highest BCUT2D eigenvalue weighted by Crippen LogP contribution is 2.23. The molecular weight excluding hydrogens is 183 g/mol. The monoisotopic (exact) mass is 191 g/mol. The number of nitrogen functional groups attached to an aromatic ring is 1. The smallest absolute Gasteiger partial charge is 0.387 e. The van der Waals surface area contributed by atoms with Crippen molar-refractivity contribution >= 4 is 5.69 Å². The van der Waals surface area contributed by atoms with E-state index in [9.17, 15) is 13.2 Å². The Morgan fingerprint density at radius 3 is 2.46 bits per heavy atom. The van der Waals surface area contributed by atoms with E-state index in [4.69, 9.17) is 5.73 Å². The van der Waals surface area contributed by atoms with Gasteiger partial charge in [0, 0.05) is 6.07 Å². The first kappa shape index (κ1) is 9.70. The molecule has 5 heteroatoms. The minimum absolute atomic E-state index is 0.133. The number of alkyl halides is 2. The quantitative estimate of drug-likeness (QED) is 0.728. The Morgan fingerprint density at radius 2 is 2.00 bits per heavy atom. The van der Waals surface area contributed by atoms with E-state index in [1.54, 1.807) is 0 Å². The lowest BCUT2D eigenvalue weighted by atomic mass is 10.2. The van der Waals surface area contributed by atoms with Gasteiger partial charge in [0.05, 0.1) is 5.69 Å². The summed E-state index contributed by atoms with van der Waals surface area (Å²) >= 11 is 0. The van der Waals surface area contributed by atoms with Gasteiger partial charge in [-0.2, -0.15) is 8.78 Å². The molecule has 0 amide bonds. The van der Waals surface area contributed by atoms with Gasteiger partial charge < -0.3 is 10.5 Å². The van der Waals surface area contributed by atoms with E-state index >= 15 is 0 Å². The van der Waals surface area contributed by atoms with Crippen LogP contribution >= 0.6 is 0 Å². The fourth-order valence-corrected chi connectivity index (χ4v) is 0.934. The lowest BCUT2D eigenvalue weighted by Crippen LogP contribution is -2.03. The molecule has 0 spiro atoms. The molecule has 0 aliphatic carbocycles. The molecule has 0 atom stereocenters. The maximum atomic E-state index is 12.9. The Labute approximate surface area is 73.1 Å². The van der Waals surface area contributed by atoms with Crippen molar-refractivity contribution in [3.63, 3.8) is 0 Å². The molecule has 72 valence electrons. The second-order valence-corrected chi connectivity index (χ2v) is 2.52. The lowest BCUT2D eigenvalue weighted by Gasteiger charge is -2.07. The molecule has 0 saturated heterocycles. The molecule has 0 bridgehead atoms. The minimum atomic E-state index is -2.93. The largest absolute Gasteiger partial charge is 0.435 e. The fraction of sp³-hybridized carbons (Fsp3) is 0.250. The van der Waals surface area contributed by atoms with Crippen LogP contribution in [0.1, 0.15) is 5.56 Å². The summed E-state index contributed by atoms with van der Waals surface area (Å²) in [5.74, 6) is -0.743. The van der Waals surface area contributed by atoms with Crippen LogP contribution in [0.5, 0.6) is 5.75 Å². The van der Waals surface area contributed by atoms with E-state index in [0.29, 0.717) is 0 Å². The summed E-state index contributed by atoms with van der Waals surface area (Å²) in [5, 5.41) is 0. The zero-order valence-corrected chi connectivity index (χ0v) is 6.85. The standard InChI is InChI=1S/C8H8F3NO/c1-4-2-5(13-8(10)11)3-6(12)7(4)9/h2-3,8H,12H2,1H3.